The summed E-state index contributed by atoms with van der Waals surface area (Å²) in [6.07, 6.45) is 0. The Balaban J connectivity index is 2.45. The molecule has 2 amide bonds. The van der Waals surface area contributed by atoms with Gasteiger partial charge in [-0.05, 0) is 32.9 Å². The normalized spacial score (nSPS) is 11.4. The standard InChI is InChI=1S/C15H21N3O2S2/c1-4-18(5-2)15(21)22-11(3)13(19)16-17-14(20)12-9-7-6-8-10-12/h6-11H,4-5H2,1-3H3,(H,16,19)(H,17,20)/t11-/m0/s1. The van der Waals surface area contributed by atoms with Gasteiger partial charge in [0.15, 0.2) is 0 Å². The largest absolute Gasteiger partial charge is 0.358 e. The average Bonchev–Trinajstić information content (AvgIpc) is 2.54. The molecule has 0 saturated carbocycles. The molecule has 0 fully saturated rings. The second-order valence-electron chi connectivity index (χ2n) is 4.51. The van der Waals surface area contributed by atoms with Crippen LogP contribution in [0.25, 0.3) is 0 Å². The number of nitrogens with zero attached hydrogens (tertiary/aromatic N) is 1. The summed E-state index contributed by atoms with van der Waals surface area (Å²) < 4.78 is 0.682. The summed E-state index contributed by atoms with van der Waals surface area (Å²) in [7, 11) is 0. The number of nitrogens with one attached hydrogen (secondary N) is 2. The lowest BCUT2D eigenvalue weighted by atomic mass is 10.2. The first-order valence-electron chi connectivity index (χ1n) is 7.10. The van der Waals surface area contributed by atoms with Crippen LogP contribution in [0.5, 0.6) is 0 Å². The molecule has 0 radical (unpaired) electrons. The minimum absolute atomic E-state index is 0.288. The van der Waals surface area contributed by atoms with Crippen LogP contribution in [0.3, 0.4) is 0 Å². The number of benzene rings is 1. The van der Waals surface area contributed by atoms with Crippen LogP contribution in [-0.2, 0) is 4.79 Å². The third-order valence-electron chi connectivity index (χ3n) is 3.00. The number of hydrazine groups is 1. The molecule has 1 aromatic rings. The highest BCUT2D eigenvalue weighted by Crippen LogP contribution is 2.16. The Hall–Kier alpha value is -1.60. The second kappa shape index (κ2) is 9.42. The lowest BCUT2D eigenvalue weighted by Gasteiger charge is -2.22. The van der Waals surface area contributed by atoms with Gasteiger partial charge in [-0.3, -0.25) is 20.4 Å². The monoisotopic (exact) mass is 339 g/mol. The Morgan fingerprint density at radius 1 is 1.18 bits per heavy atom. The number of amides is 2. The van der Waals surface area contributed by atoms with Crippen LogP contribution in [0.1, 0.15) is 31.1 Å². The van der Waals surface area contributed by atoms with E-state index in [-0.39, 0.29) is 17.1 Å². The van der Waals surface area contributed by atoms with Gasteiger partial charge in [-0.15, -0.1) is 0 Å². The van der Waals surface area contributed by atoms with Crippen molar-refractivity contribution in [2.45, 2.75) is 26.0 Å². The molecule has 22 heavy (non-hydrogen) atoms. The van der Waals surface area contributed by atoms with Crippen molar-refractivity contribution in [2.24, 2.45) is 0 Å². The number of carbonyl (C=O) groups excluding carboxylic acids is 2. The summed E-state index contributed by atoms with van der Waals surface area (Å²) in [6, 6.07) is 8.70. The Morgan fingerprint density at radius 3 is 2.32 bits per heavy atom. The maximum atomic E-state index is 12.0. The third kappa shape index (κ3) is 5.65. The average molecular weight is 339 g/mol. The van der Waals surface area contributed by atoms with Gasteiger partial charge in [0.2, 0.25) is 0 Å². The van der Waals surface area contributed by atoms with Gasteiger partial charge in [0.05, 0.1) is 5.25 Å². The summed E-state index contributed by atoms with van der Waals surface area (Å²) in [5.74, 6) is -0.638. The highest BCUT2D eigenvalue weighted by atomic mass is 32.2. The lowest BCUT2D eigenvalue weighted by Crippen LogP contribution is -2.45. The summed E-state index contributed by atoms with van der Waals surface area (Å²) in [5, 5.41) is -0.385. The number of hydrogen-bond acceptors (Lipinski definition) is 4. The van der Waals surface area contributed by atoms with Crippen molar-refractivity contribution >= 4 is 40.1 Å². The van der Waals surface area contributed by atoms with Gasteiger partial charge in [-0.2, -0.15) is 0 Å². The molecule has 0 heterocycles. The zero-order chi connectivity index (χ0) is 16.5. The highest BCUT2D eigenvalue weighted by molar-refractivity contribution is 8.23. The van der Waals surface area contributed by atoms with Crippen molar-refractivity contribution in [1.82, 2.24) is 15.8 Å². The molecular weight excluding hydrogens is 318 g/mol. The summed E-state index contributed by atoms with van der Waals surface area (Å²) >= 11 is 6.61. The van der Waals surface area contributed by atoms with Crippen molar-refractivity contribution in [3.63, 3.8) is 0 Å². The van der Waals surface area contributed by atoms with E-state index in [0.717, 1.165) is 13.1 Å². The maximum absolute atomic E-state index is 12.0. The minimum atomic E-state index is -0.385. The first-order valence-corrected chi connectivity index (χ1v) is 8.39. The highest BCUT2D eigenvalue weighted by Gasteiger charge is 2.18. The van der Waals surface area contributed by atoms with Crippen LogP contribution in [0.4, 0.5) is 0 Å². The predicted molar refractivity (Wildman–Crippen MR) is 94.6 cm³/mol. The molecule has 0 unspecified atom stereocenters. The minimum Gasteiger partial charge on any atom is -0.358 e. The van der Waals surface area contributed by atoms with Crippen LogP contribution in [0, 0.1) is 0 Å². The fourth-order valence-corrected chi connectivity index (χ4v) is 3.21. The van der Waals surface area contributed by atoms with E-state index < -0.39 is 0 Å². The maximum Gasteiger partial charge on any atom is 0.269 e. The molecule has 0 spiro atoms. The molecule has 2 N–H and O–H groups in total. The van der Waals surface area contributed by atoms with Gasteiger partial charge in [0.25, 0.3) is 11.8 Å². The molecule has 1 rings (SSSR count). The lowest BCUT2D eigenvalue weighted by molar-refractivity contribution is -0.121. The Labute approximate surface area is 140 Å². The topological polar surface area (TPSA) is 61.4 Å². The number of thiocarbonyl (C=S) groups is 1. The summed E-state index contributed by atoms with van der Waals surface area (Å²) in [5.41, 5.74) is 5.31. The Morgan fingerprint density at radius 2 is 1.77 bits per heavy atom. The molecule has 0 aliphatic carbocycles. The number of thioether (sulfide) groups is 1. The van der Waals surface area contributed by atoms with Gasteiger partial charge < -0.3 is 4.90 Å². The van der Waals surface area contributed by atoms with Crippen LogP contribution >= 0.6 is 24.0 Å². The zero-order valence-electron chi connectivity index (χ0n) is 13.0. The molecule has 1 aromatic carbocycles. The molecule has 7 heteroatoms. The van der Waals surface area contributed by atoms with Crippen LogP contribution in [0.15, 0.2) is 30.3 Å². The van der Waals surface area contributed by atoms with Gasteiger partial charge in [-0.25, -0.2) is 0 Å². The van der Waals surface area contributed by atoms with Crippen molar-refractivity contribution < 1.29 is 9.59 Å². The fraction of sp³-hybridized carbons (Fsp3) is 0.400. The van der Waals surface area contributed by atoms with Crippen molar-refractivity contribution in [2.75, 3.05) is 13.1 Å². The van der Waals surface area contributed by atoms with Crippen molar-refractivity contribution in [3.05, 3.63) is 35.9 Å². The Bertz CT molecular complexity index is 519. The van der Waals surface area contributed by atoms with Crippen molar-refractivity contribution in [3.8, 4) is 0 Å². The molecule has 0 saturated heterocycles. The van der Waals surface area contributed by atoms with Gasteiger partial charge in [-0.1, -0.05) is 42.2 Å². The quantitative estimate of drug-likeness (QED) is 0.636. The molecule has 120 valence electrons. The van der Waals surface area contributed by atoms with E-state index in [2.05, 4.69) is 10.9 Å². The van der Waals surface area contributed by atoms with E-state index in [4.69, 9.17) is 12.2 Å². The van der Waals surface area contributed by atoms with Crippen LogP contribution in [-0.4, -0.2) is 39.4 Å². The first-order chi connectivity index (χ1) is 10.5. The van der Waals surface area contributed by atoms with Gasteiger partial charge in [0.1, 0.15) is 4.32 Å². The van der Waals surface area contributed by atoms with Crippen LogP contribution in [0.2, 0.25) is 0 Å². The summed E-state index contributed by atoms with van der Waals surface area (Å²) in [6.45, 7) is 7.40. The van der Waals surface area contributed by atoms with Gasteiger partial charge >= 0.3 is 0 Å². The first kappa shape index (κ1) is 18.4. The number of carbonyl (C=O) groups is 2. The SMILES string of the molecule is CCN(CC)C(=S)S[C@@H](C)C(=O)NNC(=O)c1ccccc1. The summed E-state index contributed by atoms with van der Waals surface area (Å²) in [4.78, 5) is 25.8. The van der Waals surface area contributed by atoms with Gasteiger partial charge in [0, 0.05) is 18.7 Å². The van der Waals surface area contributed by atoms with E-state index in [1.165, 1.54) is 11.8 Å². The van der Waals surface area contributed by atoms with E-state index in [9.17, 15) is 9.59 Å². The third-order valence-corrected chi connectivity index (χ3v) is 4.58. The molecule has 1 atom stereocenters. The Kier molecular flexibility index (Phi) is 7.90. The molecule has 0 aromatic heterocycles. The van der Waals surface area contributed by atoms with Crippen molar-refractivity contribution in [1.29, 1.82) is 0 Å². The second-order valence-corrected chi connectivity index (χ2v) is 6.48. The fourth-order valence-electron chi connectivity index (χ4n) is 1.64. The molecular formula is C15H21N3O2S2. The smallest absolute Gasteiger partial charge is 0.269 e. The molecule has 0 aliphatic heterocycles. The molecule has 0 bridgehead atoms. The van der Waals surface area contributed by atoms with E-state index in [1.54, 1.807) is 31.2 Å². The van der Waals surface area contributed by atoms with E-state index >= 15 is 0 Å². The predicted octanol–water partition coefficient (Wildman–Crippen LogP) is 2.20. The van der Waals surface area contributed by atoms with Crippen LogP contribution < -0.4 is 10.9 Å². The number of hydrogen-bond donors (Lipinski definition) is 2. The van der Waals surface area contributed by atoms with E-state index in [0.29, 0.717) is 9.88 Å². The molecule has 5 nitrogen and oxygen atoms in total. The number of rotatable bonds is 5. The molecule has 0 aliphatic rings. The van der Waals surface area contributed by atoms with E-state index in [1.807, 2.05) is 24.8 Å². The zero-order valence-corrected chi connectivity index (χ0v) is 14.6.